The standard InChI is InChI=1S/C23H20N6/c24-13-15-6-8-17(9-7-15)22-18(16-4-2-1-3-5-16)12-19-20(26-22)10-11-29-21(14-25)27-28-23(19)29/h1-12H,13-14,24-25H2. The van der Waals surface area contributed by atoms with Crippen molar-refractivity contribution in [3.8, 4) is 22.4 Å². The Morgan fingerprint density at radius 1 is 0.793 bits per heavy atom. The molecule has 142 valence electrons. The highest BCUT2D eigenvalue weighted by Gasteiger charge is 2.15. The van der Waals surface area contributed by atoms with E-state index in [4.69, 9.17) is 16.5 Å². The smallest absolute Gasteiger partial charge is 0.170 e. The van der Waals surface area contributed by atoms with Gasteiger partial charge >= 0.3 is 0 Å². The van der Waals surface area contributed by atoms with Crippen LogP contribution in [-0.2, 0) is 13.1 Å². The van der Waals surface area contributed by atoms with E-state index in [1.54, 1.807) is 0 Å². The van der Waals surface area contributed by atoms with Crippen molar-refractivity contribution in [2.75, 3.05) is 0 Å². The Labute approximate surface area is 167 Å². The lowest BCUT2D eigenvalue weighted by atomic mass is 9.97. The molecule has 0 saturated heterocycles. The molecule has 0 fully saturated rings. The van der Waals surface area contributed by atoms with E-state index in [0.29, 0.717) is 13.1 Å². The normalized spacial score (nSPS) is 11.4. The Balaban J connectivity index is 1.81. The first-order valence-corrected chi connectivity index (χ1v) is 9.50. The van der Waals surface area contributed by atoms with E-state index in [9.17, 15) is 0 Å². The predicted molar refractivity (Wildman–Crippen MR) is 115 cm³/mol. The molecule has 0 unspecified atom stereocenters. The molecule has 6 heteroatoms. The fourth-order valence-electron chi connectivity index (χ4n) is 3.64. The molecule has 0 radical (unpaired) electrons. The molecule has 0 aliphatic carbocycles. The molecule has 4 N–H and O–H groups in total. The van der Waals surface area contributed by atoms with Crippen molar-refractivity contribution in [2.24, 2.45) is 11.5 Å². The molecule has 3 heterocycles. The van der Waals surface area contributed by atoms with Crippen molar-refractivity contribution in [3.63, 3.8) is 0 Å². The van der Waals surface area contributed by atoms with E-state index in [-0.39, 0.29) is 0 Å². The third-order valence-corrected chi connectivity index (χ3v) is 5.17. The Hall–Kier alpha value is -3.61. The van der Waals surface area contributed by atoms with E-state index in [2.05, 4.69) is 40.5 Å². The van der Waals surface area contributed by atoms with Crippen molar-refractivity contribution < 1.29 is 0 Å². The van der Waals surface area contributed by atoms with E-state index >= 15 is 0 Å². The summed E-state index contributed by atoms with van der Waals surface area (Å²) in [5, 5.41) is 9.52. The second-order valence-corrected chi connectivity index (χ2v) is 6.91. The Bertz CT molecular complexity index is 1310. The van der Waals surface area contributed by atoms with Gasteiger partial charge in [-0.1, -0.05) is 54.6 Å². The quantitative estimate of drug-likeness (QED) is 0.497. The van der Waals surface area contributed by atoms with Crippen molar-refractivity contribution in [2.45, 2.75) is 13.1 Å². The molecule has 0 spiro atoms. The van der Waals surface area contributed by atoms with Crippen LogP contribution < -0.4 is 11.5 Å². The molecule has 0 bridgehead atoms. The molecule has 0 amide bonds. The van der Waals surface area contributed by atoms with E-state index < -0.39 is 0 Å². The van der Waals surface area contributed by atoms with E-state index in [1.807, 2.05) is 47.0 Å². The number of hydrogen-bond donors (Lipinski definition) is 2. The number of fused-ring (bicyclic) bond motifs is 3. The van der Waals surface area contributed by atoms with Crippen LogP contribution in [0.4, 0.5) is 0 Å². The van der Waals surface area contributed by atoms with Crippen LogP contribution in [0.25, 0.3) is 38.9 Å². The maximum atomic E-state index is 5.80. The average molecular weight is 380 g/mol. The first-order valence-electron chi connectivity index (χ1n) is 9.50. The first-order chi connectivity index (χ1) is 14.3. The lowest BCUT2D eigenvalue weighted by Crippen LogP contribution is -2.02. The number of pyridine rings is 2. The van der Waals surface area contributed by atoms with Gasteiger partial charge in [-0.15, -0.1) is 10.2 Å². The Morgan fingerprint density at radius 2 is 1.59 bits per heavy atom. The largest absolute Gasteiger partial charge is 0.326 e. The molecular formula is C23H20N6. The highest BCUT2D eigenvalue weighted by molar-refractivity contribution is 5.98. The number of rotatable bonds is 4. The fourth-order valence-corrected chi connectivity index (χ4v) is 3.64. The summed E-state index contributed by atoms with van der Waals surface area (Å²) in [4.78, 5) is 5.02. The highest BCUT2D eigenvalue weighted by atomic mass is 15.2. The third kappa shape index (κ3) is 2.95. The number of nitrogens with two attached hydrogens (primary N) is 2. The van der Waals surface area contributed by atoms with Gasteiger partial charge in [0.25, 0.3) is 0 Å². The highest BCUT2D eigenvalue weighted by Crippen LogP contribution is 2.34. The maximum Gasteiger partial charge on any atom is 0.170 e. The zero-order valence-corrected chi connectivity index (χ0v) is 15.8. The van der Waals surface area contributed by atoms with Crippen LogP contribution in [0.1, 0.15) is 11.4 Å². The summed E-state index contributed by atoms with van der Waals surface area (Å²) in [7, 11) is 0. The SMILES string of the molecule is NCc1ccc(-c2nc3ccn4c(CN)nnc4c3cc2-c2ccccc2)cc1. The van der Waals surface area contributed by atoms with Gasteiger partial charge in [0, 0.05) is 29.3 Å². The van der Waals surface area contributed by atoms with Gasteiger partial charge in [0.15, 0.2) is 11.5 Å². The lowest BCUT2D eigenvalue weighted by Gasteiger charge is -2.12. The van der Waals surface area contributed by atoms with Crippen LogP contribution in [0.3, 0.4) is 0 Å². The predicted octanol–water partition coefficient (Wildman–Crippen LogP) is 3.53. The van der Waals surface area contributed by atoms with Crippen LogP contribution in [0, 0.1) is 0 Å². The number of aromatic nitrogens is 4. The van der Waals surface area contributed by atoms with Gasteiger partial charge in [0.1, 0.15) is 0 Å². The second-order valence-electron chi connectivity index (χ2n) is 6.91. The van der Waals surface area contributed by atoms with Crippen LogP contribution in [0.2, 0.25) is 0 Å². The molecule has 29 heavy (non-hydrogen) atoms. The molecule has 2 aromatic carbocycles. The van der Waals surface area contributed by atoms with Crippen LogP contribution >= 0.6 is 0 Å². The molecule has 6 nitrogen and oxygen atoms in total. The van der Waals surface area contributed by atoms with Gasteiger partial charge in [-0.05, 0) is 23.3 Å². The van der Waals surface area contributed by atoms with Crippen molar-refractivity contribution in [3.05, 3.63) is 84.3 Å². The monoisotopic (exact) mass is 380 g/mol. The summed E-state index contributed by atoms with van der Waals surface area (Å²) < 4.78 is 1.93. The topological polar surface area (TPSA) is 95.1 Å². The Morgan fingerprint density at radius 3 is 2.31 bits per heavy atom. The van der Waals surface area contributed by atoms with Crippen molar-refractivity contribution in [1.29, 1.82) is 0 Å². The minimum absolute atomic E-state index is 0.331. The third-order valence-electron chi connectivity index (χ3n) is 5.17. The summed E-state index contributed by atoms with van der Waals surface area (Å²) in [6.45, 7) is 0.850. The van der Waals surface area contributed by atoms with Crippen LogP contribution in [0.15, 0.2) is 72.9 Å². The van der Waals surface area contributed by atoms with Gasteiger partial charge in [-0.2, -0.15) is 0 Å². The summed E-state index contributed by atoms with van der Waals surface area (Å²) in [6, 6.07) is 22.6. The second kappa shape index (κ2) is 7.09. The minimum Gasteiger partial charge on any atom is -0.326 e. The molecule has 0 saturated carbocycles. The van der Waals surface area contributed by atoms with Gasteiger partial charge in [0.2, 0.25) is 0 Å². The van der Waals surface area contributed by atoms with E-state index in [1.165, 1.54) is 0 Å². The molecule has 3 aromatic heterocycles. The lowest BCUT2D eigenvalue weighted by molar-refractivity contribution is 0.883. The van der Waals surface area contributed by atoms with Crippen molar-refractivity contribution >= 4 is 16.6 Å². The number of benzene rings is 2. The Kier molecular flexibility index (Phi) is 4.27. The molecule has 5 aromatic rings. The zero-order valence-electron chi connectivity index (χ0n) is 15.8. The van der Waals surface area contributed by atoms with Crippen molar-refractivity contribution in [1.82, 2.24) is 19.6 Å². The number of nitrogens with zero attached hydrogens (tertiary/aromatic N) is 4. The summed E-state index contributed by atoms with van der Waals surface area (Å²) in [6.07, 6.45) is 1.93. The summed E-state index contributed by atoms with van der Waals surface area (Å²) >= 11 is 0. The minimum atomic E-state index is 0.331. The molecular weight excluding hydrogens is 360 g/mol. The zero-order chi connectivity index (χ0) is 19.8. The van der Waals surface area contributed by atoms with Gasteiger partial charge in [-0.25, -0.2) is 4.98 Å². The first kappa shape index (κ1) is 17.5. The molecule has 0 atom stereocenters. The van der Waals surface area contributed by atoms with Gasteiger partial charge in [-0.3, -0.25) is 4.40 Å². The van der Waals surface area contributed by atoms with Gasteiger partial charge < -0.3 is 11.5 Å². The number of hydrogen-bond acceptors (Lipinski definition) is 5. The molecule has 0 aliphatic rings. The maximum absolute atomic E-state index is 5.80. The van der Waals surface area contributed by atoms with E-state index in [0.717, 1.165) is 50.3 Å². The van der Waals surface area contributed by atoms with Crippen LogP contribution in [0.5, 0.6) is 0 Å². The molecule has 0 aliphatic heterocycles. The van der Waals surface area contributed by atoms with Crippen LogP contribution in [-0.4, -0.2) is 19.6 Å². The average Bonchev–Trinajstić information content (AvgIpc) is 3.22. The summed E-state index contributed by atoms with van der Waals surface area (Å²) in [5.41, 5.74) is 18.4. The fraction of sp³-hybridized carbons (Fsp3) is 0.0870. The molecule has 5 rings (SSSR count). The van der Waals surface area contributed by atoms with Gasteiger partial charge in [0.05, 0.1) is 17.8 Å². The summed E-state index contributed by atoms with van der Waals surface area (Å²) in [5.74, 6) is 0.726.